The number of pyridine rings is 2. The number of anilines is 1. The molecule has 0 radical (unpaired) electrons. The van der Waals surface area contributed by atoms with E-state index in [1.165, 1.54) is 19.2 Å². The van der Waals surface area contributed by atoms with E-state index in [0.29, 0.717) is 36.2 Å². The minimum Gasteiger partial charge on any atom is -0.383 e. The largest absolute Gasteiger partial charge is 0.383 e. The standard InChI is InChI=1S/C30H31FN6O2/c1-6-37-29-23(16-34-37)26-19(13-17(2)14-22(26)30(39)36(29)5)11-12-33-25-10-7-18(3)35-27(25)20-8-9-21(24(31)15-20)28(38)32-4/h7-10,13-16,33H,6,11-12H2,1-5H3,(H,32,38). The summed E-state index contributed by atoms with van der Waals surface area (Å²) >= 11 is 0. The van der Waals surface area contributed by atoms with Gasteiger partial charge in [0.2, 0.25) is 0 Å². The summed E-state index contributed by atoms with van der Waals surface area (Å²) in [6, 6.07) is 12.4. The number of carbonyl (C=O) groups excluding carboxylic acids is 1. The van der Waals surface area contributed by atoms with Crippen molar-refractivity contribution >= 4 is 33.4 Å². The second kappa shape index (κ2) is 10.3. The van der Waals surface area contributed by atoms with Crippen LogP contribution in [0, 0.1) is 19.7 Å². The number of nitrogens with one attached hydrogen (secondary N) is 2. The molecular weight excluding hydrogens is 495 g/mol. The summed E-state index contributed by atoms with van der Waals surface area (Å²) < 4.78 is 18.3. The molecular formula is C30H31FN6O2. The third-order valence-corrected chi connectivity index (χ3v) is 7.06. The maximum Gasteiger partial charge on any atom is 0.259 e. The molecule has 2 N–H and O–H groups in total. The number of carbonyl (C=O) groups is 1. The average Bonchev–Trinajstić information content (AvgIpc) is 3.36. The van der Waals surface area contributed by atoms with E-state index in [1.807, 2.05) is 49.8 Å². The minimum absolute atomic E-state index is 0.0152. The number of aryl methyl sites for hydroxylation is 4. The highest BCUT2D eigenvalue weighted by Gasteiger charge is 2.17. The van der Waals surface area contributed by atoms with Crippen molar-refractivity contribution in [3.63, 3.8) is 0 Å². The number of rotatable bonds is 7. The highest BCUT2D eigenvalue weighted by Crippen LogP contribution is 2.30. The van der Waals surface area contributed by atoms with E-state index in [1.54, 1.807) is 17.7 Å². The third-order valence-electron chi connectivity index (χ3n) is 7.06. The van der Waals surface area contributed by atoms with Crippen LogP contribution in [0.5, 0.6) is 0 Å². The number of amides is 1. The lowest BCUT2D eigenvalue weighted by Crippen LogP contribution is -2.20. The lowest BCUT2D eigenvalue weighted by Gasteiger charge is -2.15. The predicted molar refractivity (Wildman–Crippen MR) is 153 cm³/mol. The molecule has 2 aromatic carbocycles. The summed E-state index contributed by atoms with van der Waals surface area (Å²) in [7, 11) is 3.26. The second-order valence-corrected chi connectivity index (χ2v) is 9.71. The first-order valence-electron chi connectivity index (χ1n) is 12.9. The van der Waals surface area contributed by atoms with Gasteiger partial charge in [0.05, 0.1) is 23.1 Å². The van der Waals surface area contributed by atoms with E-state index >= 15 is 0 Å². The summed E-state index contributed by atoms with van der Waals surface area (Å²) in [6.45, 7) is 7.11. The van der Waals surface area contributed by atoms with Crippen LogP contribution in [0.1, 0.15) is 34.1 Å². The predicted octanol–water partition coefficient (Wildman–Crippen LogP) is 4.74. The Bertz CT molecular complexity index is 1800. The van der Waals surface area contributed by atoms with Gasteiger partial charge in [0.15, 0.2) is 0 Å². The van der Waals surface area contributed by atoms with Crippen LogP contribution in [0.3, 0.4) is 0 Å². The Morgan fingerprint density at radius 3 is 2.59 bits per heavy atom. The first-order valence-corrected chi connectivity index (χ1v) is 12.9. The zero-order chi connectivity index (χ0) is 27.8. The van der Waals surface area contributed by atoms with Crippen LogP contribution >= 0.6 is 0 Å². The summed E-state index contributed by atoms with van der Waals surface area (Å²) in [4.78, 5) is 29.9. The number of halogens is 1. The Morgan fingerprint density at radius 1 is 1.08 bits per heavy atom. The van der Waals surface area contributed by atoms with Crippen LogP contribution in [0.2, 0.25) is 0 Å². The van der Waals surface area contributed by atoms with Crippen molar-refractivity contribution in [3.8, 4) is 11.3 Å². The van der Waals surface area contributed by atoms with Crippen LogP contribution in [0.4, 0.5) is 10.1 Å². The van der Waals surface area contributed by atoms with Crippen molar-refractivity contribution < 1.29 is 9.18 Å². The highest BCUT2D eigenvalue weighted by atomic mass is 19.1. The van der Waals surface area contributed by atoms with Crippen molar-refractivity contribution in [3.05, 3.63) is 87.2 Å². The van der Waals surface area contributed by atoms with Crippen LogP contribution in [0.15, 0.2) is 53.5 Å². The normalized spacial score (nSPS) is 11.3. The van der Waals surface area contributed by atoms with Gasteiger partial charge in [-0.3, -0.25) is 19.1 Å². The van der Waals surface area contributed by atoms with Crippen molar-refractivity contribution in [1.82, 2.24) is 24.6 Å². The van der Waals surface area contributed by atoms with Crippen molar-refractivity contribution in [2.45, 2.75) is 33.7 Å². The summed E-state index contributed by atoms with van der Waals surface area (Å²) in [5.41, 5.74) is 5.54. The summed E-state index contributed by atoms with van der Waals surface area (Å²) in [5, 5.41) is 13.0. The molecule has 0 aliphatic rings. The first kappa shape index (κ1) is 26.1. The van der Waals surface area contributed by atoms with Gasteiger partial charge in [-0.05, 0) is 63.1 Å². The summed E-state index contributed by atoms with van der Waals surface area (Å²) in [6.07, 6.45) is 2.49. The molecule has 3 aromatic heterocycles. The molecule has 0 saturated carbocycles. The van der Waals surface area contributed by atoms with Gasteiger partial charge < -0.3 is 10.6 Å². The zero-order valence-electron chi connectivity index (χ0n) is 22.7. The lowest BCUT2D eigenvalue weighted by molar-refractivity contribution is 0.0959. The molecule has 9 heteroatoms. The van der Waals surface area contributed by atoms with E-state index in [9.17, 15) is 14.0 Å². The number of nitrogens with zero attached hydrogens (tertiary/aromatic N) is 4. The van der Waals surface area contributed by atoms with Gasteiger partial charge >= 0.3 is 0 Å². The maximum atomic E-state index is 14.7. The van der Waals surface area contributed by atoms with E-state index in [-0.39, 0.29) is 11.1 Å². The van der Waals surface area contributed by atoms with E-state index in [0.717, 1.165) is 38.9 Å². The van der Waals surface area contributed by atoms with Crippen LogP contribution < -0.4 is 16.2 Å². The third kappa shape index (κ3) is 4.65. The second-order valence-electron chi connectivity index (χ2n) is 9.71. The molecule has 5 aromatic rings. The number of hydrogen-bond acceptors (Lipinski definition) is 5. The van der Waals surface area contributed by atoms with Crippen LogP contribution in [0.25, 0.3) is 33.1 Å². The Hall–Kier alpha value is -4.53. The molecule has 0 unspecified atom stereocenters. The van der Waals surface area contributed by atoms with Gasteiger partial charge in [0, 0.05) is 54.6 Å². The fourth-order valence-corrected chi connectivity index (χ4v) is 5.20. The van der Waals surface area contributed by atoms with Crippen LogP contribution in [-0.2, 0) is 20.0 Å². The number of aromatic nitrogens is 4. The van der Waals surface area contributed by atoms with Gasteiger partial charge in [-0.25, -0.2) is 9.07 Å². The molecule has 0 saturated heterocycles. The SMILES string of the molecule is CCn1ncc2c3c(CCNc4ccc(C)nc4-c4ccc(C(=O)NC)c(F)c4)cc(C)cc3c(=O)n(C)c21. The fraction of sp³-hybridized carbons (Fsp3) is 0.267. The highest BCUT2D eigenvalue weighted by molar-refractivity contribution is 6.06. The van der Waals surface area contributed by atoms with Gasteiger partial charge in [-0.15, -0.1) is 0 Å². The fourth-order valence-electron chi connectivity index (χ4n) is 5.20. The Kier molecular flexibility index (Phi) is 6.91. The van der Waals surface area contributed by atoms with E-state index < -0.39 is 11.7 Å². The molecule has 0 bridgehead atoms. The zero-order valence-corrected chi connectivity index (χ0v) is 22.7. The van der Waals surface area contributed by atoms with E-state index in [2.05, 4.69) is 26.8 Å². The van der Waals surface area contributed by atoms with Gasteiger partial charge in [-0.1, -0.05) is 17.7 Å². The monoisotopic (exact) mass is 526 g/mol. The van der Waals surface area contributed by atoms with Gasteiger partial charge in [-0.2, -0.15) is 5.10 Å². The quantitative estimate of drug-likeness (QED) is 0.320. The molecule has 3 heterocycles. The molecule has 1 amide bonds. The summed E-state index contributed by atoms with van der Waals surface area (Å²) in [5.74, 6) is -1.08. The number of benzene rings is 2. The van der Waals surface area contributed by atoms with Crippen molar-refractivity contribution in [2.75, 3.05) is 18.9 Å². The Labute approximate surface area is 225 Å². The topological polar surface area (TPSA) is 93.8 Å². The maximum absolute atomic E-state index is 14.7. The molecule has 0 atom stereocenters. The molecule has 200 valence electrons. The van der Waals surface area contributed by atoms with Crippen LogP contribution in [-0.4, -0.2) is 38.8 Å². The molecule has 0 aliphatic carbocycles. The molecule has 5 rings (SSSR count). The van der Waals surface area contributed by atoms with Gasteiger partial charge in [0.1, 0.15) is 11.5 Å². The molecule has 0 fully saturated rings. The number of hydrogen-bond donors (Lipinski definition) is 2. The lowest BCUT2D eigenvalue weighted by atomic mass is 9.98. The Balaban J connectivity index is 1.50. The van der Waals surface area contributed by atoms with Crippen molar-refractivity contribution in [1.29, 1.82) is 0 Å². The van der Waals surface area contributed by atoms with Crippen molar-refractivity contribution in [2.24, 2.45) is 7.05 Å². The van der Waals surface area contributed by atoms with E-state index in [4.69, 9.17) is 0 Å². The number of fused-ring (bicyclic) bond motifs is 3. The first-order chi connectivity index (χ1) is 18.7. The molecule has 0 aliphatic heterocycles. The molecule has 8 nitrogen and oxygen atoms in total. The molecule has 39 heavy (non-hydrogen) atoms. The molecule has 0 spiro atoms. The smallest absolute Gasteiger partial charge is 0.259 e. The minimum atomic E-state index is -0.606. The Morgan fingerprint density at radius 2 is 1.87 bits per heavy atom. The average molecular weight is 527 g/mol. The van der Waals surface area contributed by atoms with Gasteiger partial charge in [0.25, 0.3) is 11.5 Å².